The van der Waals surface area contributed by atoms with Crippen molar-refractivity contribution in [1.29, 1.82) is 5.26 Å². The van der Waals surface area contributed by atoms with Gasteiger partial charge in [0, 0.05) is 24.5 Å². The maximum Gasteiger partial charge on any atom is 0.435 e. The van der Waals surface area contributed by atoms with Crippen molar-refractivity contribution in [2.75, 3.05) is 13.2 Å². The topological polar surface area (TPSA) is 67.2 Å². The van der Waals surface area contributed by atoms with Gasteiger partial charge in [0.05, 0.1) is 10.6 Å². The quantitative estimate of drug-likeness (QED) is 0.876. The second kappa shape index (κ2) is 7.11. The van der Waals surface area contributed by atoms with E-state index in [0.717, 1.165) is 6.07 Å². The van der Waals surface area contributed by atoms with Crippen LogP contribution in [0, 0.1) is 11.3 Å². The molecule has 9 heteroatoms. The van der Waals surface area contributed by atoms with Crippen LogP contribution in [0.5, 0.6) is 5.75 Å². The summed E-state index contributed by atoms with van der Waals surface area (Å²) < 4.78 is 52.2. The number of pyridine rings is 1. The summed E-state index contributed by atoms with van der Waals surface area (Å²) in [7, 11) is 0. The predicted molar refractivity (Wildman–Crippen MR) is 86.5 cm³/mol. The highest BCUT2D eigenvalue weighted by atomic mass is 35.5. The summed E-state index contributed by atoms with van der Waals surface area (Å²) in [6.07, 6.45) is -2.54. The molecular weight excluding hydrogens is 371 g/mol. The highest BCUT2D eigenvalue weighted by Crippen LogP contribution is 2.44. The molecule has 0 spiro atoms. The van der Waals surface area contributed by atoms with Crippen molar-refractivity contribution in [3.63, 3.8) is 0 Å². The maximum absolute atomic E-state index is 13.8. The molecule has 2 aromatic rings. The average molecular weight is 384 g/mol. The summed E-state index contributed by atoms with van der Waals surface area (Å²) in [6, 6.07) is 8.51. The van der Waals surface area contributed by atoms with Crippen LogP contribution in [-0.4, -0.2) is 30.4 Å². The van der Waals surface area contributed by atoms with Crippen molar-refractivity contribution in [1.82, 2.24) is 10.3 Å². The summed E-state index contributed by atoms with van der Waals surface area (Å²) >= 11 is 5.89. The first-order chi connectivity index (χ1) is 12.4. The first kappa shape index (κ1) is 18.5. The number of ether oxygens (including phenoxy) is 2. The Bertz CT molecular complexity index is 826. The molecule has 3 rings (SSSR count). The Morgan fingerprint density at radius 2 is 2.08 bits per heavy atom. The molecule has 1 N–H and O–H groups in total. The Hall–Kier alpha value is -2.34. The summed E-state index contributed by atoms with van der Waals surface area (Å²) in [4.78, 5) is 3.83. The molecule has 2 heterocycles. The van der Waals surface area contributed by atoms with E-state index in [2.05, 4.69) is 10.3 Å². The molecule has 2 atom stereocenters. The van der Waals surface area contributed by atoms with Crippen molar-refractivity contribution >= 4 is 11.6 Å². The van der Waals surface area contributed by atoms with E-state index in [-0.39, 0.29) is 29.3 Å². The van der Waals surface area contributed by atoms with Gasteiger partial charge in [-0.15, -0.1) is 0 Å². The molecule has 1 aliphatic heterocycles. The maximum atomic E-state index is 13.8. The van der Waals surface area contributed by atoms with Crippen molar-refractivity contribution in [2.45, 2.75) is 18.0 Å². The van der Waals surface area contributed by atoms with Gasteiger partial charge >= 0.3 is 6.18 Å². The third-order valence-electron chi connectivity index (χ3n) is 3.90. The molecule has 0 amide bonds. The van der Waals surface area contributed by atoms with Gasteiger partial charge in [-0.2, -0.15) is 18.4 Å². The highest BCUT2D eigenvalue weighted by Gasteiger charge is 2.61. The number of hydrogen-bond acceptors (Lipinski definition) is 5. The van der Waals surface area contributed by atoms with Gasteiger partial charge in [-0.25, -0.2) is 0 Å². The van der Waals surface area contributed by atoms with Crippen molar-refractivity contribution < 1.29 is 22.6 Å². The summed E-state index contributed by atoms with van der Waals surface area (Å²) in [5.74, 6) is 0.481. The van der Waals surface area contributed by atoms with Crippen molar-refractivity contribution in [3.05, 3.63) is 58.9 Å². The molecule has 0 bridgehead atoms. The number of aromatic nitrogens is 1. The number of rotatable bonds is 4. The van der Waals surface area contributed by atoms with Crippen LogP contribution in [0.25, 0.3) is 0 Å². The van der Waals surface area contributed by atoms with Gasteiger partial charge in [0.1, 0.15) is 24.5 Å². The van der Waals surface area contributed by atoms with Crippen molar-refractivity contribution in [3.8, 4) is 11.8 Å². The fraction of sp³-hybridized carbons (Fsp3) is 0.294. The third-order valence-corrected chi connectivity index (χ3v) is 4.22. The van der Waals surface area contributed by atoms with E-state index in [1.165, 1.54) is 24.5 Å². The first-order valence-electron chi connectivity index (χ1n) is 7.58. The second-order valence-electron chi connectivity index (χ2n) is 5.60. The normalized spacial score (nSPS) is 22.8. The zero-order chi connectivity index (χ0) is 18.8. The Labute approximate surface area is 152 Å². The van der Waals surface area contributed by atoms with Gasteiger partial charge in [-0.3, -0.25) is 10.3 Å². The number of nitrogens with zero attached hydrogens (tertiary/aromatic N) is 2. The van der Waals surface area contributed by atoms with Crippen molar-refractivity contribution in [2.24, 2.45) is 0 Å². The lowest BCUT2D eigenvalue weighted by Gasteiger charge is -2.32. The molecule has 0 aliphatic carbocycles. The molecule has 5 nitrogen and oxygen atoms in total. The smallest absolute Gasteiger partial charge is 0.435 e. The second-order valence-corrected chi connectivity index (χ2v) is 6.01. The zero-order valence-corrected chi connectivity index (χ0v) is 14.0. The van der Waals surface area contributed by atoms with E-state index < -0.39 is 18.0 Å². The Kier molecular flexibility index (Phi) is 5.05. The fourth-order valence-electron chi connectivity index (χ4n) is 2.63. The minimum Gasteiger partial charge on any atom is -0.491 e. The van der Waals surface area contributed by atoms with Gasteiger partial charge in [0.2, 0.25) is 5.72 Å². The van der Waals surface area contributed by atoms with E-state index in [4.69, 9.17) is 26.3 Å². The lowest BCUT2D eigenvalue weighted by Crippen LogP contribution is -2.51. The first-order valence-corrected chi connectivity index (χ1v) is 7.96. The molecule has 26 heavy (non-hydrogen) atoms. The van der Waals surface area contributed by atoms with Gasteiger partial charge in [-0.1, -0.05) is 17.7 Å². The predicted octanol–water partition coefficient (Wildman–Crippen LogP) is 3.39. The lowest BCUT2D eigenvalue weighted by molar-refractivity contribution is -0.287. The van der Waals surface area contributed by atoms with Crippen LogP contribution in [0.4, 0.5) is 13.2 Å². The third kappa shape index (κ3) is 3.46. The van der Waals surface area contributed by atoms with Crippen LogP contribution < -0.4 is 10.1 Å². The Morgan fingerprint density at radius 1 is 1.35 bits per heavy atom. The lowest BCUT2D eigenvalue weighted by atomic mass is 10.0. The van der Waals surface area contributed by atoms with Gasteiger partial charge in [-0.05, 0) is 24.3 Å². The molecule has 0 unspecified atom stereocenters. The molecule has 0 radical (unpaired) electrons. The van der Waals surface area contributed by atoms with Gasteiger partial charge < -0.3 is 9.47 Å². The molecule has 0 saturated carbocycles. The van der Waals surface area contributed by atoms with Crippen LogP contribution in [0.2, 0.25) is 5.02 Å². The average Bonchev–Trinajstić information content (AvgIpc) is 3.06. The number of nitriles is 1. The van der Waals surface area contributed by atoms with Crippen LogP contribution in [-0.2, 0) is 10.5 Å². The number of nitrogens with one attached hydrogen (secondary N) is 1. The van der Waals surface area contributed by atoms with Gasteiger partial charge in [0.25, 0.3) is 0 Å². The minimum atomic E-state index is -4.74. The molecule has 1 aliphatic rings. The molecule has 1 saturated heterocycles. The van der Waals surface area contributed by atoms with Gasteiger partial charge in [0.15, 0.2) is 0 Å². The van der Waals surface area contributed by atoms with E-state index in [9.17, 15) is 13.2 Å². The Balaban J connectivity index is 1.82. The summed E-state index contributed by atoms with van der Waals surface area (Å²) in [5, 5.41) is 11.2. The highest BCUT2D eigenvalue weighted by molar-refractivity contribution is 6.31. The standard InChI is InChI=1S/C17H13ClF3N3O2/c18-15-7-12(2-1-11(15)8-22)16(17(19,20)21)24-9-14(26-16)10-25-13-3-5-23-6-4-13/h1-7,14,24H,9-10H2/t14-,16+/m0/s1. The molecule has 1 aromatic carbocycles. The van der Waals surface area contributed by atoms with E-state index in [1.807, 2.05) is 6.07 Å². The largest absolute Gasteiger partial charge is 0.491 e. The molecule has 1 fully saturated rings. The molecule has 1 aromatic heterocycles. The zero-order valence-electron chi connectivity index (χ0n) is 13.3. The summed E-state index contributed by atoms with van der Waals surface area (Å²) in [5.41, 5.74) is -2.85. The molecular formula is C17H13ClF3N3O2. The van der Waals surface area contributed by atoms with Crippen LogP contribution >= 0.6 is 11.6 Å². The van der Waals surface area contributed by atoms with E-state index in [1.54, 1.807) is 12.1 Å². The number of halogens is 4. The summed E-state index contributed by atoms with van der Waals surface area (Å²) in [6.45, 7) is -0.138. The van der Waals surface area contributed by atoms with Crippen LogP contribution in [0.1, 0.15) is 11.1 Å². The fourth-order valence-corrected chi connectivity index (χ4v) is 2.86. The SMILES string of the molecule is N#Cc1ccc([C@@]2(C(F)(F)F)NC[C@@H](COc3ccncc3)O2)cc1Cl. The number of alkyl halides is 3. The van der Waals surface area contributed by atoms with Crippen LogP contribution in [0.15, 0.2) is 42.7 Å². The number of hydrogen-bond donors (Lipinski definition) is 1. The monoisotopic (exact) mass is 383 g/mol. The number of benzene rings is 1. The Morgan fingerprint density at radius 3 is 2.69 bits per heavy atom. The molecule has 136 valence electrons. The minimum absolute atomic E-state index is 0.0672. The van der Waals surface area contributed by atoms with E-state index in [0.29, 0.717) is 5.75 Å². The van der Waals surface area contributed by atoms with E-state index >= 15 is 0 Å². The van der Waals surface area contributed by atoms with Crippen LogP contribution in [0.3, 0.4) is 0 Å².